The van der Waals surface area contributed by atoms with Crippen molar-refractivity contribution in [1.82, 2.24) is 10.2 Å². The molecule has 2 aromatic rings. The van der Waals surface area contributed by atoms with Gasteiger partial charge in [-0.05, 0) is 49.4 Å². The molecule has 1 unspecified atom stereocenters. The number of aryl methyl sites for hydroxylation is 1. The number of carbonyl (C=O) groups excluding carboxylic acids is 1. The number of benzene rings is 1. The highest BCUT2D eigenvalue weighted by Gasteiger charge is 2.18. The number of rotatable bonds is 7. The van der Waals surface area contributed by atoms with E-state index in [1.807, 2.05) is 17.5 Å². The minimum atomic E-state index is 0.129. The molecule has 1 aromatic heterocycles. The summed E-state index contributed by atoms with van der Waals surface area (Å²) in [5.74, 6) is 0.129. The van der Waals surface area contributed by atoms with Gasteiger partial charge in [0.15, 0.2) is 0 Å². The molecule has 26 heavy (non-hydrogen) atoms. The fourth-order valence-electron chi connectivity index (χ4n) is 3.40. The molecule has 5 heteroatoms. The maximum absolute atomic E-state index is 12.1. The van der Waals surface area contributed by atoms with Crippen LogP contribution in [0.2, 0.25) is 0 Å². The Morgan fingerprint density at radius 1 is 1.19 bits per heavy atom. The minimum Gasteiger partial charge on any atom is -0.369 e. The lowest BCUT2D eigenvalue weighted by Crippen LogP contribution is -2.47. The van der Waals surface area contributed by atoms with E-state index in [2.05, 4.69) is 53.2 Å². The minimum absolute atomic E-state index is 0.129. The molecule has 0 radical (unpaired) electrons. The van der Waals surface area contributed by atoms with Crippen LogP contribution in [0.25, 0.3) is 0 Å². The van der Waals surface area contributed by atoms with E-state index in [4.69, 9.17) is 0 Å². The Bertz CT molecular complexity index is 693. The molecule has 1 N–H and O–H groups in total. The average molecular weight is 372 g/mol. The largest absolute Gasteiger partial charge is 0.369 e. The van der Waals surface area contributed by atoms with E-state index in [9.17, 15) is 4.79 Å². The molecule has 1 atom stereocenters. The quantitative estimate of drug-likeness (QED) is 0.811. The van der Waals surface area contributed by atoms with Crippen LogP contribution >= 0.6 is 11.3 Å². The molecule has 3 rings (SSSR count). The van der Waals surface area contributed by atoms with E-state index < -0.39 is 0 Å². The maximum Gasteiger partial charge on any atom is 0.225 e. The van der Waals surface area contributed by atoms with Crippen LogP contribution in [0.5, 0.6) is 0 Å². The summed E-state index contributed by atoms with van der Waals surface area (Å²) in [5, 5.41) is 5.15. The monoisotopic (exact) mass is 371 g/mol. The third-order valence-electron chi connectivity index (χ3n) is 4.94. The second-order valence-electron chi connectivity index (χ2n) is 7.18. The van der Waals surface area contributed by atoms with Gasteiger partial charge in [0.05, 0.1) is 6.42 Å². The molecule has 0 aliphatic carbocycles. The van der Waals surface area contributed by atoms with E-state index in [0.29, 0.717) is 6.42 Å². The zero-order valence-corrected chi connectivity index (χ0v) is 16.6. The van der Waals surface area contributed by atoms with Crippen LogP contribution in [0.15, 0.2) is 41.8 Å². The second kappa shape index (κ2) is 9.19. The van der Waals surface area contributed by atoms with Crippen LogP contribution in [0, 0.1) is 6.92 Å². The number of amides is 1. The summed E-state index contributed by atoms with van der Waals surface area (Å²) in [6.45, 7) is 9.62. The number of nitrogens with zero attached hydrogens (tertiary/aromatic N) is 2. The zero-order valence-electron chi connectivity index (χ0n) is 15.8. The van der Waals surface area contributed by atoms with Gasteiger partial charge in [-0.1, -0.05) is 18.2 Å². The van der Waals surface area contributed by atoms with Crippen molar-refractivity contribution in [2.45, 2.75) is 32.7 Å². The first-order valence-electron chi connectivity index (χ1n) is 9.46. The molecular weight excluding hydrogens is 342 g/mol. The number of piperazine rings is 1. The third-order valence-corrected chi connectivity index (χ3v) is 5.82. The molecule has 2 heterocycles. The lowest BCUT2D eigenvalue weighted by Gasteiger charge is -2.36. The van der Waals surface area contributed by atoms with Crippen LogP contribution in [0.1, 0.15) is 23.8 Å². The normalized spacial score (nSPS) is 16.5. The Balaban J connectivity index is 1.36. The standard InChI is InChI=1S/C21H29N3OS/c1-17-5-3-6-19(15-17)24-12-10-23(11-13-24)9-8-18(2)22-21(25)16-20-7-4-14-26-20/h3-7,14-15,18H,8-13,16H2,1-2H3,(H,22,25). The van der Waals surface area contributed by atoms with E-state index in [1.165, 1.54) is 11.3 Å². The van der Waals surface area contributed by atoms with Gasteiger partial charge in [0.2, 0.25) is 5.91 Å². The molecule has 1 aliphatic heterocycles. The molecule has 0 saturated carbocycles. The zero-order chi connectivity index (χ0) is 18.4. The molecule has 1 aliphatic rings. The van der Waals surface area contributed by atoms with Crippen molar-refractivity contribution in [1.29, 1.82) is 0 Å². The smallest absolute Gasteiger partial charge is 0.225 e. The Labute approximate surface area is 160 Å². The summed E-state index contributed by atoms with van der Waals surface area (Å²) in [5.41, 5.74) is 2.65. The van der Waals surface area contributed by atoms with E-state index in [1.54, 1.807) is 11.3 Å². The maximum atomic E-state index is 12.1. The van der Waals surface area contributed by atoms with Crippen LogP contribution in [0.4, 0.5) is 5.69 Å². The number of carbonyl (C=O) groups is 1. The van der Waals surface area contributed by atoms with Gasteiger partial charge < -0.3 is 10.2 Å². The van der Waals surface area contributed by atoms with Crippen LogP contribution in [0.3, 0.4) is 0 Å². The molecule has 0 spiro atoms. The Kier molecular flexibility index (Phi) is 6.69. The van der Waals surface area contributed by atoms with E-state index >= 15 is 0 Å². The highest BCUT2D eigenvalue weighted by Crippen LogP contribution is 2.18. The van der Waals surface area contributed by atoms with Gasteiger partial charge in [0.25, 0.3) is 0 Å². The molecular formula is C21H29N3OS. The lowest BCUT2D eigenvalue weighted by atomic mass is 10.1. The number of thiophene rings is 1. The topological polar surface area (TPSA) is 35.6 Å². The fourth-order valence-corrected chi connectivity index (χ4v) is 4.10. The van der Waals surface area contributed by atoms with Gasteiger partial charge in [0.1, 0.15) is 0 Å². The molecule has 1 fully saturated rings. The first kappa shape index (κ1) is 18.9. The van der Waals surface area contributed by atoms with Gasteiger partial charge in [-0.2, -0.15) is 0 Å². The van der Waals surface area contributed by atoms with Gasteiger partial charge in [-0.25, -0.2) is 0 Å². The van der Waals surface area contributed by atoms with Crippen molar-refractivity contribution < 1.29 is 4.79 Å². The van der Waals surface area contributed by atoms with E-state index in [-0.39, 0.29) is 11.9 Å². The van der Waals surface area contributed by atoms with E-state index in [0.717, 1.165) is 44.0 Å². The summed E-state index contributed by atoms with van der Waals surface area (Å²) < 4.78 is 0. The Morgan fingerprint density at radius 2 is 2.00 bits per heavy atom. The van der Waals surface area contributed by atoms with Crippen LogP contribution in [-0.2, 0) is 11.2 Å². The van der Waals surface area contributed by atoms with Crippen molar-refractivity contribution >= 4 is 22.9 Å². The number of hydrogen-bond acceptors (Lipinski definition) is 4. The number of hydrogen-bond donors (Lipinski definition) is 1. The van der Waals surface area contributed by atoms with Gasteiger partial charge in [-0.3, -0.25) is 9.69 Å². The summed E-state index contributed by atoms with van der Waals surface area (Å²) in [6.07, 6.45) is 1.50. The molecule has 140 valence electrons. The summed E-state index contributed by atoms with van der Waals surface area (Å²) in [4.78, 5) is 18.2. The second-order valence-corrected chi connectivity index (χ2v) is 8.21. The SMILES string of the molecule is Cc1cccc(N2CCN(CCC(C)NC(=O)Cc3cccs3)CC2)c1. The fraction of sp³-hybridized carbons (Fsp3) is 0.476. The van der Waals surface area contributed by atoms with Crippen LogP contribution in [-0.4, -0.2) is 49.6 Å². The summed E-state index contributed by atoms with van der Waals surface area (Å²) in [6, 6.07) is 13.0. The Hall–Kier alpha value is -1.85. The molecule has 1 saturated heterocycles. The summed E-state index contributed by atoms with van der Waals surface area (Å²) >= 11 is 1.64. The molecule has 4 nitrogen and oxygen atoms in total. The van der Waals surface area contributed by atoms with Gasteiger partial charge in [-0.15, -0.1) is 11.3 Å². The van der Waals surface area contributed by atoms with Gasteiger partial charge in [0, 0.05) is 49.3 Å². The average Bonchev–Trinajstić information content (AvgIpc) is 3.13. The number of anilines is 1. The third kappa shape index (κ3) is 5.58. The summed E-state index contributed by atoms with van der Waals surface area (Å²) in [7, 11) is 0. The highest BCUT2D eigenvalue weighted by molar-refractivity contribution is 7.10. The number of nitrogens with one attached hydrogen (secondary N) is 1. The predicted molar refractivity (Wildman–Crippen MR) is 110 cm³/mol. The van der Waals surface area contributed by atoms with Crippen LogP contribution < -0.4 is 10.2 Å². The van der Waals surface area contributed by atoms with Crippen molar-refractivity contribution in [2.24, 2.45) is 0 Å². The molecule has 1 aromatic carbocycles. The first-order chi connectivity index (χ1) is 12.6. The van der Waals surface area contributed by atoms with Crippen molar-refractivity contribution in [3.8, 4) is 0 Å². The Morgan fingerprint density at radius 3 is 2.69 bits per heavy atom. The van der Waals surface area contributed by atoms with Crippen molar-refractivity contribution in [3.05, 3.63) is 52.2 Å². The highest BCUT2D eigenvalue weighted by atomic mass is 32.1. The predicted octanol–water partition coefficient (Wildman–Crippen LogP) is 3.32. The first-order valence-corrected chi connectivity index (χ1v) is 10.3. The lowest BCUT2D eigenvalue weighted by molar-refractivity contribution is -0.121. The molecule has 0 bridgehead atoms. The van der Waals surface area contributed by atoms with Gasteiger partial charge >= 0.3 is 0 Å². The molecule has 1 amide bonds. The van der Waals surface area contributed by atoms with Crippen molar-refractivity contribution in [3.63, 3.8) is 0 Å². The van der Waals surface area contributed by atoms with Crippen molar-refractivity contribution in [2.75, 3.05) is 37.6 Å².